The smallest absolute Gasteiger partial charge is 0.186 e. The molecule has 3 aromatic rings. The molecule has 0 aliphatic rings. The third kappa shape index (κ3) is 3.35. The molecule has 2 aromatic heterocycles. The van der Waals surface area contributed by atoms with E-state index in [0.29, 0.717) is 6.04 Å². The van der Waals surface area contributed by atoms with Gasteiger partial charge >= 0.3 is 0 Å². The molecule has 0 aliphatic carbocycles. The van der Waals surface area contributed by atoms with Crippen LogP contribution in [0.1, 0.15) is 49.1 Å². The summed E-state index contributed by atoms with van der Waals surface area (Å²) in [5, 5.41) is 9.06. The van der Waals surface area contributed by atoms with Crippen molar-refractivity contribution in [2.75, 3.05) is 11.9 Å². The molecular weight excluding hydrogens is 402 g/mol. The van der Waals surface area contributed by atoms with Crippen LogP contribution in [0.3, 0.4) is 0 Å². The molecule has 0 aliphatic heterocycles. The monoisotopic (exact) mass is 429 g/mol. The number of pyridine rings is 1. The average molecular weight is 430 g/mol. The Kier molecular flexibility index (Phi) is 5.56. The zero-order chi connectivity index (χ0) is 19.9. The maximum Gasteiger partial charge on any atom is 0.186 e. The Morgan fingerprint density at radius 1 is 1.07 bits per heavy atom. The summed E-state index contributed by atoms with van der Waals surface area (Å²) >= 11 is 3.75. The number of anilines is 1. The Morgan fingerprint density at radius 3 is 2.22 bits per heavy atom. The van der Waals surface area contributed by atoms with Gasteiger partial charge in [0.05, 0.1) is 21.5 Å². The molecule has 0 unspecified atom stereocenters. The van der Waals surface area contributed by atoms with Crippen LogP contribution in [0.2, 0.25) is 0 Å². The van der Waals surface area contributed by atoms with Crippen molar-refractivity contribution in [2.45, 2.75) is 60.4 Å². The van der Waals surface area contributed by atoms with Crippen molar-refractivity contribution < 1.29 is 0 Å². The summed E-state index contributed by atoms with van der Waals surface area (Å²) in [4.78, 5) is 7.15. The van der Waals surface area contributed by atoms with Gasteiger partial charge in [-0.05, 0) is 67.6 Å². The topological polar surface area (TPSA) is 46.8 Å². The van der Waals surface area contributed by atoms with Gasteiger partial charge in [-0.25, -0.2) is 4.98 Å². The number of halogens is 1. The molecule has 0 N–H and O–H groups in total. The third-order valence-corrected chi connectivity index (χ3v) is 6.31. The summed E-state index contributed by atoms with van der Waals surface area (Å²) in [5.74, 6) is 0. The Bertz CT molecular complexity index is 965. The zero-order valence-corrected chi connectivity index (χ0v) is 18.8. The van der Waals surface area contributed by atoms with Gasteiger partial charge in [0.15, 0.2) is 11.2 Å². The molecule has 0 fully saturated rings. The SMILES string of the molecule is CCC(CC)N(C)c1c(Br)c(C)nc2c1nnn2-c1c(C)cc(C)cc1C. The van der Waals surface area contributed by atoms with Crippen molar-refractivity contribution >= 4 is 32.8 Å². The minimum absolute atomic E-state index is 0.444. The summed E-state index contributed by atoms with van der Waals surface area (Å²) in [6, 6.07) is 4.80. The predicted molar refractivity (Wildman–Crippen MR) is 116 cm³/mol. The number of hydrogen-bond donors (Lipinski definition) is 0. The predicted octanol–water partition coefficient (Wildman–Crippen LogP) is 5.44. The van der Waals surface area contributed by atoms with Crippen molar-refractivity contribution in [1.82, 2.24) is 20.0 Å². The number of benzene rings is 1. The molecule has 0 saturated heterocycles. The van der Waals surface area contributed by atoms with E-state index in [1.165, 1.54) is 16.7 Å². The lowest BCUT2D eigenvalue weighted by Gasteiger charge is -2.29. The standard InChI is InChI=1S/C21H28BrN5/c1-8-16(9-2)26(7)20-17(22)15(6)23-21-18(20)24-25-27(21)19-13(4)10-12(3)11-14(19)5/h10-11,16H,8-9H2,1-7H3. The Balaban J connectivity index is 2.30. The molecule has 27 heavy (non-hydrogen) atoms. The van der Waals surface area contributed by atoms with Crippen LogP contribution < -0.4 is 4.90 Å². The highest BCUT2D eigenvalue weighted by Crippen LogP contribution is 2.36. The van der Waals surface area contributed by atoms with Crippen molar-refractivity contribution in [3.05, 3.63) is 39.0 Å². The fourth-order valence-corrected chi connectivity index (χ4v) is 4.57. The second kappa shape index (κ2) is 7.58. The van der Waals surface area contributed by atoms with Crippen LogP contribution in [0, 0.1) is 27.7 Å². The molecule has 0 bridgehead atoms. The Hall–Kier alpha value is -1.95. The van der Waals surface area contributed by atoms with E-state index in [2.05, 4.69) is 84.9 Å². The van der Waals surface area contributed by atoms with Crippen LogP contribution >= 0.6 is 15.9 Å². The van der Waals surface area contributed by atoms with E-state index < -0.39 is 0 Å². The van der Waals surface area contributed by atoms with Crippen molar-refractivity contribution in [1.29, 1.82) is 0 Å². The van der Waals surface area contributed by atoms with Crippen LogP contribution in [0.25, 0.3) is 16.9 Å². The summed E-state index contributed by atoms with van der Waals surface area (Å²) < 4.78 is 2.89. The van der Waals surface area contributed by atoms with E-state index in [0.717, 1.165) is 45.5 Å². The lowest BCUT2D eigenvalue weighted by atomic mass is 10.1. The first-order valence-electron chi connectivity index (χ1n) is 9.52. The van der Waals surface area contributed by atoms with E-state index in [9.17, 15) is 0 Å². The molecule has 2 heterocycles. The Labute approximate surface area is 169 Å². The van der Waals surface area contributed by atoms with E-state index in [1.807, 2.05) is 11.6 Å². The van der Waals surface area contributed by atoms with Crippen molar-refractivity contribution in [3.63, 3.8) is 0 Å². The van der Waals surface area contributed by atoms with Gasteiger partial charge in [-0.1, -0.05) is 36.8 Å². The highest BCUT2D eigenvalue weighted by Gasteiger charge is 2.24. The number of nitrogens with zero attached hydrogens (tertiary/aromatic N) is 5. The lowest BCUT2D eigenvalue weighted by molar-refractivity contribution is 0.591. The van der Waals surface area contributed by atoms with Gasteiger partial charge < -0.3 is 4.90 Å². The fourth-order valence-electron chi connectivity index (χ4n) is 4.01. The number of aromatic nitrogens is 4. The molecule has 5 nitrogen and oxygen atoms in total. The molecule has 0 atom stereocenters. The van der Waals surface area contributed by atoms with Crippen LogP contribution in [0.15, 0.2) is 16.6 Å². The molecule has 1 aromatic carbocycles. The van der Waals surface area contributed by atoms with Gasteiger partial charge in [0.25, 0.3) is 0 Å². The number of hydrogen-bond acceptors (Lipinski definition) is 4. The zero-order valence-electron chi connectivity index (χ0n) is 17.3. The largest absolute Gasteiger partial charge is 0.369 e. The number of fused-ring (bicyclic) bond motifs is 1. The van der Waals surface area contributed by atoms with Gasteiger partial charge in [-0.15, -0.1) is 5.10 Å². The maximum atomic E-state index is 4.83. The van der Waals surface area contributed by atoms with Gasteiger partial charge in [0, 0.05) is 13.1 Å². The fraction of sp³-hybridized carbons (Fsp3) is 0.476. The lowest BCUT2D eigenvalue weighted by Crippen LogP contribution is -2.31. The van der Waals surface area contributed by atoms with Gasteiger partial charge in [-0.3, -0.25) is 0 Å². The van der Waals surface area contributed by atoms with Crippen LogP contribution in [-0.2, 0) is 0 Å². The van der Waals surface area contributed by atoms with E-state index in [1.54, 1.807) is 0 Å². The third-order valence-electron chi connectivity index (χ3n) is 5.36. The maximum absolute atomic E-state index is 4.83. The molecule has 6 heteroatoms. The number of rotatable bonds is 5. The number of aryl methyl sites for hydroxylation is 4. The minimum atomic E-state index is 0.444. The summed E-state index contributed by atoms with van der Waals surface area (Å²) in [6.45, 7) is 12.8. The first-order chi connectivity index (χ1) is 12.8. The van der Waals surface area contributed by atoms with E-state index >= 15 is 0 Å². The highest BCUT2D eigenvalue weighted by atomic mass is 79.9. The highest BCUT2D eigenvalue weighted by molar-refractivity contribution is 9.10. The molecule has 0 radical (unpaired) electrons. The van der Waals surface area contributed by atoms with Crippen molar-refractivity contribution in [3.8, 4) is 5.69 Å². The van der Waals surface area contributed by atoms with Gasteiger partial charge in [0.2, 0.25) is 0 Å². The molecular formula is C21H28BrN5. The van der Waals surface area contributed by atoms with Crippen LogP contribution in [-0.4, -0.2) is 33.1 Å². The summed E-state index contributed by atoms with van der Waals surface area (Å²) in [5.41, 5.74) is 8.32. The quantitative estimate of drug-likeness (QED) is 0.541. The van der Waals surface area contributed by atoms with E-state index in [-0.39, 0.29) is 0 Å². The summed E-state index contributed by atoms with van der Waals surface area (Å²) in [6.07, 6.45) is 2.15. The molecule has 3 rings (SSSR count). The molecule has 0 spiro atoms. The Morgan fingerprint density at radius 2 is 1.67 bits per heavy atom. The van der Waals surface area contributed by atoms with Crippen LogP contribution in [0.5, 0.6) is 0 Å². The molecule has 0 amide bonds. The molecule has 0 saturated carbocycles. The minimum Gasteiger partial charge on any atom is -0.369 e. The summed E-state index contributed by atoms with van der Waals surface area (Å²) in [7, 11) is 2.14. The second-order valence-electron chi connectivity index (χ2n) is 7.36. The van der Waals surface area contributed by atoms with Crippen molar-refractivity contribution in [2.24, 2.45) is 0 Å². The normalized spacial score (nSPS) is 11.6. The molecule has 144 valence electrons. The first kappa shape index (κ1) is 19.8. The van der Waals surface area contributed by atoms with Gasteiger partial charge in [0.1, 0.15) is 0 Å². The van der Waals surface area contributed by atoms with Gasteiger partial charge in [-0.2, -0.15) is 4.68 Å². The van der Waals surface area contributed by atoms with E-state index in [4.69, 9.17) is 4.98 Å². The average Bonchev–Trinajstić information content (AvgIpc) is 2.99. The first-order valence-corrected chi connectivity index (χ1v) is 10.3. The van der Waals surface area contributed by atoms with Crippen LogP contribution in [0.4, 0.5) is 5.69 Å². The second-order valence-corrected chi connectivity index (χ2v) is 8.15.